The van der Waals surface area contributed by atoms with Gasteiger partial charge in [-0.25, -0.2) is 0 Å². The van der Waals surface area contributed by atoms with Gasteiger partial charge in [-0.3, -0.25) is 14.4 Å². The average molecular weight is 499 g/mol. The Labute approximate surface area is 208 Å². The van der Waals surface area contributed by atoms with Crippen molar-refractivity contribution in [3.05, 3.63) is 65.2 Å². The van der Waals surface area contributed by atoms with Gasteiger partial charge in [0.05, 0.1) is 47.9 Å². The highest BCUT2D eigenvalue weighted by Gasteiger charge is 2.75. The summed E-state index contributed by atoms with van der Waals surface area (Å²) in [6.45, 7) is 1.49. The zero-order valence-electron chi connectivity index (χ0n) is 19.2. The fraction of sp³-hybridized carbons (Fsp3) is 0.423. The maximum Gasteiger partial charge on any atom is 0.312 e. The lowest BCUT2D eigenvalue weighted by molar-refractivity contribution is -0.155. The Bertz CT molecular complexity index is 1140. The minimum atomic E-state index is -1.20. The van der Waals surface area contributed by atoms with Gasteiger partial charge in [-0.05, 0) is 37.5 Å². The number of rotatable bonds is 7. The lowest BCUT2D eigenvalue weighted by Gasteiger charge is -2.36. The van der Waals surface area contributed by atoms with Crippen LogP contribution in [0.1, 0.15) is 31.4 Å². The third-order valence-corrected chi connectivity index (χ3v) is 7.70. The number of hydrogen-bond acceptors (Lipinski definition) is 6. The van der Waals surface area contributed by atoms with E-state index in [1.165, 1.54) is 4.90 Å². The molecule has 3 aliphatic heterocycles. The Morgan fingerprint density at radius 1 is 1.23 bits per heavy atom. The van der Waals surface area contributed by atoms with Gasteiger partial charge in [0, 0.05) is 0 Å². The number of esters is 1. The largest absolute Gasteiger partial charge is 0.466 e. The molecule has 2 aromatic carbocycles. The van der Waals surface area contributed by atoms with Crippen LogP contribution in [0.2, 0.25) is 5.02 Å². The van der Waals surface area contributed by atoms with Gasteiger partial charge in [-0.1, -0.05) is 54.1 Å². The fourth-order valence-corrected chi connectivity index (χ4v) is 6.21. The average Bonchev–Trinajstić information content (AvgIpc) is 3.50. The predicted molar refractivity (Wildman–Crippen MR) is 127 cm³/mol. The van der Waals surface area contributed by atoms with Crippen LogP contribution < -0.4 is 5.32 Å². The highest BCUT2D eigenvalue weighted by atomic mass is 35.5. The SMILES string of the molecule is CCOC(=O)[C@@H]1[C@H]2C(=O)N([C@H](CO)c3ccccc3)[C@H](C(=O)Nc3ccccc3Cl)[C@]23CC[C@H]1O3. The van der Waals surface area contributed by atoms with Crippen molar-refractivity contribution in [3.8, 4) is 0 Å². The molecule has 2 aromatic rings. The van der Waals surface area contributed by atoms with Gasteiger partial charge < -0.3 is 24.8 Å². The Morgan fingerprint density at radius 2 is 1.94 bits per heavy atom. The third-order valence-electron chi connectivity index (χ3n) is 7.37. The number of amides is 2. The molecule has 0 saturated carbocycles. The number of nitrogens with one attached hydrogen (secondary N) is 1. The first-order valence-corrected chi connectivity index (χ1v) is 12.2. The molecule has 3 heterocycles. The molecule has 0 aromatic heterocycles. The number of benzene rings is 2. The van der Waals surface area contributed by atoms with E-state index in [9.17, 15) is 19.5 Å². The number of anilines is 1. The molecule has 0 aliphatic carbocycles. The summed E-state index contributed by atoms with van der Waals surface area (Å²) in [6, 6.07) is 14.0. The highest BCUT2D eigenvalue weighted by molar-refractivity contribution is 6.33. The van der Waals surface area contributed by atoms with Gasteiger partial charge in [-0.2, -0.15) is 0 Å². The Kier molecular flexibility index (Phi) is 6.29. The minimum Gasteiger partial charge on any atom is -0.466 e. The number of fused-ring (bicyclic) bond motifs is 1. The lowest BCUT2D eigenvalue weighted by atomic mass is 9.70. The molecule has 5 rings (SSSR count). The molecule has 1 spiro atoms. The normalized spacial score (nSPS) is 29.7. The van der Waals surface area contributed by atoms with Gasteiger partial charge in [0.15, 0.2) is 0 Å². The van der Waals surface area contributed by atoms with Gasteiger partial charge in [0.1, 0.15) is 11.6 Å². The highest BCUT2D eigenvalue weighted by Crippen LogP contribution is 2.60. The van der Waals surface area contributed by atoms with E-state index < -0.39 is 60.0 Å². The summed E-state index contributed by atoms with van der Waals surface area (Å²) in [5, 5.41) is 13.6. The maximum absolute atomic E-state index is 14.0. The number of aliphatic hydroxyl groups excluding tert-OH is 1. The second-order valence-electron chi connectivity index (χ2n) is 9.13. The molecular formula is C26H27ClN2O6. The Balaban J connectivity index is 1.59. The number of ether oxygens (including phenoxy) is 2. The van der Waals surface area contributed by atoms with Crippen LogP contribution in [-0.2, 0) is 23.9 Å². The molecule has 0 unspecified atom stereocenters. The number of likely N-dealkylation sites (tertiary alicyclic amines) is 1. The molecule has 8 nitrogen and oxygen atoms in total. The van der Waals surface area contributed by atoms with E-state index in [2.05, 4.69) is 5.32 Å². The van der Waals surface area contributed by atoms with Gasteiger partial charge >= 0.3 is 5.97 Å². The molecular weight excluding hydrogens is 472 g/mol. The second-order valence-corrected chi connectivity index (χ2v) is 9.54. The standard InChI is InChI=1S/C26H27ClN2O6/c1-2-34-25(33)20-19-12-13-26(35-19)21(20)24(32)29(18(14-30)15-8-4-3-5-9-15)22(26)23(31)28-17-11-7-6-10-16(17)27/h3-11,18-22,30H,2,12-14H2,1H3,(H,28,31)/t18-,19-,20+,21+,22-,26+/m1/s1. The van der Waals surface area contributed by atoms with Crippen LogP contribution in [0.15, 0.2) is 54.6 Å². The molecule has 2 bridgehead atoms. The van der Waals surface area contributed by atoms with Crippen molar-refractivity contribution in [1.29, 1.82) is 0 Å². The van der Waals surface area contributed by atoms with E-state index in [4.69, 9.17) is 21.1 Å². The summed E-state index contributed by atoms with van der Waals surface area (Å²) >= 11 is 6.29. The summed E-state index contributed by atoms with van der Waals surface area (Å²) < 4.78 is 11.6. The summed E-state index contributed by atoms with van der Waals surface area (Å²) in [5.74, 6) is -3.04. The van der Waals surface area contributed by atoms with Crippen LogP contribution in [-0.4, -0.2) is 58.8 Å². The number of nitrogens with zero attached hydrogens (tertiary/aromatic N) is 1. The van der Waals surface area contributed by atoms with Crippen LogP contribution in [0.4, 0.5) is 5.69 Å². The van der Waals surface area contributed by atoms with E-state index in [0.29, 0.717) is 29.1 Å². The van der Waals surface area contributed by atoms with Crippen LogP contribution in [0.25, 0.3) is 0 Å². The van der Waals surface area contributed by atoms with E-state index in [1.807, 2.05) is 6.07 Å². The van der Waals surface area contributed by atoms with Crippen molar-refractivity contribution < 1.29 is 29.0 Å². The zero-order chi connectivity index (χ0) is 24.7. The molecule has 35 heavy (non-hydrogen) atoms. The van der Waals surface area contributed by atoms with Crippen molar-refractivity contribution in [2.24, 2.45) is 11.8 Å². The van der Waals surface area contributed by atoms with Gasteiger partial charge in [-0.15, -0.1) is 0 Å². The molecule has 2 amide bonds. The quantitative estimate of drug-likeness (QED) is 0.569. The summed E-state index contributed by atoms with van der Waals surface area (Å²) in [7, 11) is 0. The van der Waals surface area contributed by atoms with Crippen LogP contribution in [0.5, 0.6) is 0 Å². The van der Waals surface area contributed by atoms with Crippen LogP contribution in [0.3, 0.4) is 0 Å². The van der Waals surface area contributed by atoms with Crippen molar-refractivity contribution in [2.45, 2.75) is 43.6 Å². The number of carbonyl (C=O) groups is 3. The molecule has 6 atom stereocenters. The number of carbonyl (C=O) groups excluding carboxylic acids is 3. The number of aliphatic hydroxyl groups is 1. The first-order chi connectivity index (χ1) is 16.9. The lowest BCUT2D eigenvalue weighted by Crippen LogP contribution is -2.54. The summed E-state index contributed by atoms with van der Waals surface area (Å²) in [6.07, 6.45) is 0.477. The zero-order valence-corrected chi connectivity index (χ0v) is 20.0. The van der Waals surface area contributed by atoms with E-state index in [1.54, 1.807) is 55.5 Å². The molecule has 2 N–H and O–H groups in total. The predicted octanol–water partition coefficient (Wildman–Crippen LogP) is 2.95. The minimum absolute atomic E-state index is 0.180. The van der Waals surface area contributed by atoms with Crippen molar-refractivity contribution in [1.82, 2.24) is 4.90 Å². The van der Waals surface area contributed by atoms with Crippen molar-refractivity contribution in [3.63, 3.8) is 0 Å². The first kappa shape index (κ1) is 23.8. The van der Waals surface area contributed by atoms with Crippen molar-refractivity contribution in [2.75, 3.05) is 18.5 Å². The third kappa shape index (κ3) is 3.71. The molecule has 0 radical (unpaired) electrons. The van der Waals surface area contributed by atoms with E-state index >= 15 is 0 Å². The summed E-state index contributed by atoms with van der Waals surface area (Å²) in [5.41, 5.74) is -0.120. The smallest absolute Gasteiger partial charge is 0.312 e. The Hall–Kier alpha value is -2.94. The molecule has 184 valence electrons. The molecule has 9 heteroatoms. The first-order valence-electron chi connectivity index (χ1n) is 11.8. The van der Waals surface area contributed by atoms with Crippen LogP contribution >= 0.6 is 11.6 Å². The van der Waals surface area contributed by atoms with Gasteiger partial charge in [0.2, 0.25) is 11.8 Å². The fourth-order valence-electron chi connectivity index (χ4n) is 6.03. The monoisotopic (exact) mass is 498 g/mol. The second kappa shape index (κ2) is 9.26. The maximum atomic E-state index is 14.0. The van der Waals surface area contributed by atoms with Crippen molar-refractivity contribution >= 4 is 35.1 Å². The number of halogens is 1. The number of hydrogen-bond donors (Lipinski definition) is 2. The number of para-hydroxylation sites is 1. The molecule has 3 saturated heterocycles. The molecule has 3 fully saturated rings. The summed E-state index contributed by atoms with van der Waals surface area (Å²) in [4.78, 5) is 42.2. The van der Waals surface area contributed by atoms with E-state index in [0.717, 1.165) is 0 Å². The van der Waals surface area contributed by atoms with E-state index in [-0.39, 0.29) is 6.61 Å². The molecule has 3 aliphatic rings. The van der Waals surface area contributed by atoms with Gasteiger partial charge in [0.25, 0.3) is 0 Å². The topological polar surface area (TPSA) is 105 Å². The van der Waals surface area contributed by atoms with Crippen LogP contribution in [0, 0.1) is 11.8 Å². The Morgan fingerprint density at radius 3 is 2.63 bits per heavy atom.